The lowest BCUT2D eigenvalue weighted by Gasteiger charge is -1.86. The van der Waals surface area contributed by atoms with E-state index in [1.807, 2.05) is 0 Å². The predicted molar refractivity (Wildman–Crippen MR) is 35.8 cm³/mol. The molecule has 50 valence electrons. The minimum Gasteiger partial charge on any atom is -0.345 e. The van der Waals surface area contributed by atoms with Crippen LogP contribution in [0.4, 0.5) is 0 Å². The first-order valence-electron chi connectivity index (χ1n) is 2.88. The van der Waals surface area contributed by atoms with Crippen molar-refractivity contribution in [3.63, 3.8) is 0 Å². The van der Waals surface area contributed by atoms with Gasteiger partial charge < -0.3 is 4.98 Å². The van der Waals surface area contributed by atoms with Crippen LogP contribution in [-0.2, 0) is 0 Å². The van der Waals surface area contributed by atoms with Crippen LogP contribution in [0.3, 0.4) is 0 Å². The standard InChI is InChI=1S/C6H5N3O/c10-5-3-6-7-1-2-9(6)8-4-5/h1-4,7H. The summed E-state index contributed by atoms with van der Waals surface area (Å²) < 4.78 is 1.60. The average molecular weight is 135 g/mol. The number of aromatic amines is 1. The summed E-state index contributed by atoms with van der Waals surface area (Å²) in [5.41, 5.74) is 0.634. The van der Waals surface area contributed by atoms with Gasteiger partial charge in [0.05, 0.1) is 6.20 Å². The average Bonchev–Trinajstić information content (AvgIpc) is 2.33. The monoisotopic (exact) mass is 135 g/mol. The Morgan fingerprint density at radius 3 is 3.40 bits per heavy atom. The van der Waals surface area contributed by atoms with Gasteiger partial charge >= 0.3 is 0 Å². The molecule has 0 atom stereocenters. The Balaban J connectivity index is 2.99. The molecule has 0 aliphatic heterocycles. The van der Waals surface area contributed by atoms with Gasteiger partial charge in [-0.15, -0.1) is 0 Å². The predicted octanol–water partition coefficient (Wildman–Crippen LogP) is 0.0226. The lowest BCUT2D eigenvalue weighted by molar-refractivity contribution is 0.928. The van der Waals surface area contributed by atoms with E-state index in [1.165, 1.54) is 12.3 Å². The number of hydrogen-bond donors (Lipinski definition) is 1. The first-order valence-corrected chi connectivity index (χ1v) is 2.88. The van der Waals surface area contributed by atoms with E-state index < -0.39 is 0 Å². The minimum absolute atomic E-state index is 0.0811. The number of H-pyrrole nitrogens is 1. The van der Waals surface area contributed by atoms with Gasteiger partial charge in [0.25, 0.3) is 0 Å². The highest BCUT2D eigenvalue weighted by Gasteiger charge is 1.90. The molecule has 2 aromatic rings. The summed E-state index contributed by atoms with van der Waals surface area (Å²) >= 11 is 0. The molecule has 0 saturated carbocycles. The van der Waals surface area contributed by atoms with E-state index in [2.05, 4.69) is 10.1 Å². The van der Waals surface area contributed by atoms with Gasteiger partial charge in [0, 0.05) is 18.5 Å². The lowest BCUT2D eigenvalue weighted by atomic mass is 10.5. The summed E-state index contributed by atoms with van der Waals surface area (Å²) in [5.74, 6) is 0. The normalized spacial score (nSPS) is 10.4. The Morgan fingerprint density at radius 2 is 2.50 bits per heavy atom. The van der Waals surface area contributed by atoms with Crippen molar-refractivity contribution in [1.82, 2.24) is 14.6 Å². The first kappa shape index (κ1) is 5.22. The van der Waals surface area contributed by atoms with Crippen LogP contribution in [0.25, 0.3) is 5.65 Å². The molecular weight excluding hydrogens is 130 g/mol. The largest absolute Gasteiger partial charge is 0.345 e. The molecule has 0 aromatic carbocycles. The molecule has 0 radical (unpaired) electrons. The van der Waals surface area contributed by atoms with E-state index in [1.54, 1.807) is 16.9 Å². The van der Waals surface area contributed by atoms with E-state index in [0.29, 0.717) is 5.65 Å². The highest BCUT2D eigenvalue weighted by Crippen LogP contribution is 1.89. The van der Waals surface area contributed by atoms with Gasteiger partial charge in [0.15, 0.2) is 0 Å². The van der Waals surface area contributed by atoms with Gasteiger partial charge in [-0.1, -0.05) is 0 Å². The number of nitrogens with zero attached hydrogens (tertiary/aromatic N) is 2. The van der Waals surface area contributed by atoms with Crippen molar-refractivity contribution < 1.29 is 0 Å². The number of hydrogen-bond acceptors (Lipinski definition) is 2. The summed E-state index contributed by atoms with van der Waals surface area (Å²) in [7, 11) is 0. The van der Waals surface area contributed by atoms with Crippen LogP contribution < -0.4 is 5.43 Å². The van der Waals surface area contributed by atoms with Crippen molar-refractivity contribution in [2.45, 2.75) is 0 Å². The number of fused-ring (bicyclic) bond motifs is 1. The van der Waals surface area contributed by atoms with Crippen LogP contribution in [0, 0.1) is 0 Å². The maximum Gasteiger partial charge on any atom is 0.202 e. The Morgan fingerprint density at radius 1 is 1.60 bits per heavy atom. The van der Waals surface area contributed by atoms with Crippen molar-refractivity contribution in [3.05, 3.63) is 34.9 Å². The molecule has 1 N–H and O–H groups in total. The van der Waals surface area contributed by atoms with Crippen LogP contribution in [0.15, 0.2) is 29.5 Å². The van der Waals surface area contributed by atoms with Crippen LogP contribution in [-0.4, -0.2) is 14.6 Å². The summed E-state index contributed by atoms with van der Waals surface area (Å²) in [6.07, 6.45) is 4.75. The second-order valence-corrected chi connectivity index (χ2v) is 1.98. The molecule has 2 rings (SSSR count). The smallest absolute Gasteiger partial charge is 0.202 e. The van der Waals surface area contributed by atoms with E-state index in [-0.39, 0.29) is 5.43 Å². The van der Waals surface area contributed by atoms with Gasteiger partial charge in [0.1, 0.15) is 5.65 Å². The molecule has 2 heterocycles. The fourth-order valence-corrected chi connectivity index (χ4v) is 0.839. The molecular formula is C6H5N3O. The zero-order valence-electron chi connectivity index (χ0n) is 5.11. The van der Waals surface area contributed by atoms with Crippen LogP contribution in [0.5, 0.6) is 0 Å². The van der Waals surface area contributed by atoms with Crippen molar-refractivity contribution >= 4 is 5.65 Å². The van der Waals surface area contributed by atoms with Gasteiger partial charge in [-0.05, 0) is 0 Å². The maximum absolute atomic E-state index is 10.7. The molecule has 4 heteroatoms. The third kappa shape index (κ3) is 0.621. The molecule has 0 saturated heterocycles. The molecule has 4 nitrogen and oxygen atoms in total. The SMILES string of the molecule is O=c1cnn2cc[nH]c2c1. The van der Waals surface area contributed by atoms with Crippen molar-refractivity contribution in [2.75, 3.05) is 0 Å². The fraction of sp³-hybridized carbons (Fsp3) is 0. The Bertz CT molecular complexity index is 400. The summed E-state index contributed by atoms with van der Waals surface area (Å²) in [4.78, 5) is 13.5. The Kier molecular flexibility index (Phi) is 0.887. The molecule has 0 unspecified atom stereocenters. The third-order valence-corrected chi connectivity index (χ3v) is 1.28. The summed E-state index contributed by atoms with van der Waals surface area (Å²) in [5, 5.41) is 3.81. The molecule has 0 aliphatic carbocycles. The number of imidazole rings is 1. The zero-order chi connectivity index (χ0) is 6.97. The molecule has 10 heavy (non-hydrogen) atoms. The highest BCUT2D eigenvalue weighted by atomic mass is 16.1. The topological polar surface area (TPSA) is 50.2 Å². The van der Waals surface area contributed by atoms with Gasteiger partial charge in [0.2, 0.25) is 5.43 Å². The molecule has 0 fully saturated rings. The second kappa shape index (κ2) is 1.70. The molecule has 2 aromatic heterocycles. The highest BCUT2D eigenvalue weighted by molar-refractivity contribution is 5.34. The molecule has 0 amide bonds. The van der Waals surface area contributed by atoms with Gasteiger partial charge in [-0.3, -0.25) is 4.79 Å². The van der Waals surface area contributed by atoms with Gasteiger partial charge in [-0.2, -0.15) is 5.10 Å². The Hall–Kier alpha value is -1.58. The van der Waals surface area contributed by atoms with Crippen LogP contribution in [0.1, 0.15) is 0 Å². The number of nitrogens with one attached hydrogen (secondary N) is 1. The number of rotatable bonds is 0. The van der Waals surface area contributed by atoms with Crippen LogP contribution in [0.2, 0.25) is 0 Å². The van der Waals surface area contributed by atoms with E-state index in [4.69, 9.17) is 0 Å². The minimum atomic E-state index is -0.0811. The van der Waals surface area contributed by atoms with Crippen LogP contribution >= 0.6 is 0 Å². The van der Waals surface area contributed by atoms with Gasteiger partial charge in [-0.25, -0.2) is 4.52 Å². The zero-order valence-corrected chi connectivity index (χ0v) is 5.11. The molecule has 0 bridgehead atoms. The fourth-order valence-electron chi connectivity index (χ4n) is 0.839. The van der Waals surface area contributed by atoms with E-state index in [0.717, 1.165) is 0 Å². The maximum atomic E-state index is 10.7. The second-order valence-electron chi connectivity index (χ2n) is 1.98. The Labute approximate surface area is 56.1 Å². The molecule has 0 aliphatic rings. The lowest BCUT2D eigenvalue weighted by Crippen LogP contribution is -2.01. The quantitative estimate of drug-likeness (QED) is 0.553. The van der Waals surface area contributed by atoms with E-state index >= 15 is 0 Å². The van der Waals surface area contributed by atoms with Crippen molar-refractivity contribution in [2.24, 2.45) is 0 Å². The first-order chi connectivity index (χ1) is 4.86. The summed E-state index contributed by atoms with van der Waals surface area (Å²) in [6, 6.07) is 1.49. The number of aromatic nitrogens is 3. The van der Waals surface area contributed by atoms with Crippen molar-refractivity contribution in [3.8, 4) is 0 Å². The third-order valence-electron chi connectivity index (χ3n) is 1.28. The summed E-state index contributed by atoms with van der Waals surface area (Å²) in [6.45, 7) is 0. The van der Waals surface area contributed by atoms with E-state index in [9.17, 15) is 4.79 Å². The van der Waals surface area contributed by atoms with Crippen molar-refractivity contribution in [1.29, 1.82) is 0 Å². The molecule has 0 spiro atoms.